The summed E-state index contributed by atoms with van der Waals surface area (Å²) in [6.45, 7) is 6.77. The summed E-state index contributed by atoms with van der Waals surface area (Å²) in [4.78, 5) is 47.6. The van der Waals surface area contributed by atoms with Gasteiger partial charge in [-0.05, 0) is 53.7 Å². The summed E-state index contributed by atoms with van der Waals surface area (Å²) in [5.74, 6) is -2.03. The van der Waals surface area contributed by atoms with Gasteiger partial charge in [-0.3, -0.25) is 28.5 Å². The van der Waals surface area contributed by atoms with Crippen LogP contribution in [0.5, 0.6) is 0 Å². The SMILES string of the molecule is C.COC(=O)Cc1ccc(Nc2nn(C3COCC[C@@H]3C#N)cc2C(N)=O)cc1B1OCC(C)(C)CO1.COC(=O)Cc1ccc(Nc2nn(C3COCC[C@@H]3C#N)cc2C(N)=O)cc1Br. The smallest absolute Gasteiger partial charge is 0.469 e. The molecule has 0 spiro atoms. The van der Waals surface area contributed by atoms with Crippen molar-refractivity contribution in [2.24, 2.45) is 28.7 Å². The maximum Gasteiger partial charge on any atom is 0.494 e. The molecule has 3 aliphatic heterocycles. The van der Waals surface area contributed by atoms with Gasteiger partial charge in [0.25, 0.3) is 11.8 Å². The largest absolute Gasteiger partial charge is 0.494 e. The summed E-state index contributed by atoms with van der Waals surface area (Å²) < 4.78 is 36.3. The van der Waals surface area contributed by atoms with Crippen LogP contribution >= 0.6 is 15.9 Å². The highest BCUT2D eigenvalue weighted by Crippen LogP contribution is 2.32. The number of primary amides is 2. The van der Waals surface area contributed by atoms with Crippen LogP contribution in [0.2, 0.25) is 0 Å². The van der Waals surface area contributed by atoms with E-state index in [1.165, 1.54) is 26.6 Å². The fourth-order valence-corrected chi connectivity index (χ4v) is 7.88. The molecule has 0 bridgehead atoms. The number of hydrogen-bond donors (Lipinski definition) is 4. The number of hydrogen-bond acceptors (Lipinski definition) is 16. The van der Waals surface area contributed by atoms with E-state index < -0.39 is 18.9 Å². The number of nitrogens with zero attached hydrogens (tertiary/aromatic N) is 6. The monoisotopic (exact) mass is 972 g/mol. The van der Waals surface area contributed by atoms with Gasteiger partial charge in [0.2, 0.25) is 0 Å². The Morgan fingerprint density at radius 1 is 0.803 bits per heavy atom. The van der Waals surface area contributed by atoms with Crippen LogP contribution in [-0.4, -0.2) is 104 Å². The molecule has 4 aromatic rings. The van der Waals surface area contributed by atoms with Crippen LogP contribution in [0.15, 0.2) is 53.3 Å². The van der Waals surface area contributed by atoms with Gasteiger partial charge in [0.1, 0.15) is 11.1 Å². The zero-order valence-electron chi connectivity index (χ0n) is 36.4. The number of rotatable bonds is 13. The molecule has 0 saturated carbocycles. The fraction of sp³-hybridized carbons (Fsp3) is 0.455. The van der Waals surface area contributed by atoms with Crippen LogP contribution < -0.4 is 27.6 Å². The molecule has 7 rings (SSSR count). The molecule has 2 amide bonds. The van der Waals surface area contributed by atoms with Crippen LogP contribution in [0, 0.1) is 39.9 Å². The first-order chi connectivity index (χ1) is 31.1. The number of halogens is 1. The fourth-order valence-electron chi connectivity index (χ4n) is 7.36. The van der Waals surface area contributed by atoms with Crippen LogP contribution in [0.1, 0.15) is 78.0 Å². The van der Waals surface area contributed by atoms with Crippen molar-refractivity contribution in [1.29, 1.82) is 10.5 Å². The maximum atomic E-state index is 12.2. The molecule has 66 heavy (non-hydrogen) atoms. The number of methoxy groups -OCH3 is 2. The number of carbonyl (C=O) groups excluding carboxylic acids is 4. The standard InChI is InChI=1S/C24H30BN5O6.C19H20BrN5O4.CH4/c1-24(2)13-35-25(36-14-24)19-9-17(5-4-15(19)8-21(31)33-3)28-23-18(22(27)32)11-30(29-23)20-12-34-7-6-16(20)10-26;1-28-17(26)6-11-2-3-13(7-15(11)20)23-19-14(18(22)27)9-25(24-19)16-10-29-5-4-12(16)8-21;/h4-5,9,11,16,20H,6-8,12-14H2,1-3H3,(H2,27,32)(H,28,29);2-3,7,9,12,16H,4-6,10H2,1H3,(H2,22,27)(H,23,24);1H4/t16-,20?;12-,16?;/m11./s1. The van der Waals surface area contributed by atoms with E-state index in [1.807, 2.05) is 13.8 Å². The number of ether oxygens (including phenoxy) is 4. The van der Waals surface area contributed by atoms with Gasteiger partial charge in [0.05, 0.1) is 76.3 Å². The van der Waals surface area contributed by atoms with Gasteiger partial charge in [0.15, 0.2) is 11.6 Å². The van der Waals surface area contributed by atoms with Crippen molar-refractivity contribution < 1.29 is 47.4 Å². The third kappa shape index (κ3) is 12.5. The van der Waals surface area contributed by atoms with E-state index in [2.05, 4.69) is 53.6 Å². The normalized spacial score (nSPS) is 19.9. The van der Waals surface area contributed by atoms with E-state index in [0.29, 0.717) is 79.4 Å². The number of benzene rings is 2. The zero-order valence-corrected chi connectivity index (χ0v) is 38.0. The summed E-state index contributed by atoms with van der Waals surface area (Å²) in [6, 6.07) is 14.6. The van der Waals surface area contributed by atoms with Gasteiger partial charge in [-0.25, -0.2) is 0 Å². The Balaban J connectivity index is 0.000000249. The predicted octanol–water partition coefficient (Wildman–Crippen LogP) is 4.25. The Labute approximate surface area is 391 Å². The molecule has 3 saturated heterocycles. The molecule has 350 valence electrons. The second-order valence-electron chi connectivity index (χ2n) is 16.4. The van der Waals surface area contributed by atoms with Crippen molar-refractivity contribution in [3.05, 3.63) is 75.5 Å². The average Bonchev–Trinajstić information content (AvgIpc) is 3.92. The molecule has 2 unspecified atom stereocenters. The number of anilines is 4. The Morgan fingerprint density at radius 3 is 1.70 bits per heavy atom. The molecule has 0 radical (unpaired) electrons. The van der Waals surface area contributed by atoms with Gasteiger partial charge in [0, 0.05) is 60.1 Å². The Bertz CT molecular complexity index is 2470. The van der Waals surface area contributed by atoms with Crippen LogP contribution in [0.4, 0.5) is 23.0 Å². The van der Waals surface area contributed by atoms with Gasteiger partial charge in [-0.15, -0.1) is 0 Å². The van der Waals surface area contributed by atoms with Crippen molar-refractivity contribution in [3.63, 3.8) is 0 Å². The van der Waals surface area contributed by atoms with E-state index in [1.54, 1.807) is 45.8 Å². The second-order valence-corrected chi connectivity index (χ2v) is 17.3. The molecule has 2 aromatic carbocycles. The summed E-state index contributed by atoms with van der Waals surface area (Å²) in [5, 5.41) is 34.1. The highest BCUT2D eigenvalue weighted by atomic mass is 79.9. The minimum atomic E-state index is -0.664. The van der Waals surface area contributed by atoms with Crippen molar-refractivity contribution >= 4 is 75.3 Å². The third-order valence-corrected chi connectivity index (χ3v) is 11.8. The van der Waals surface area contributed by atoms with Crippen LogP contribution in [0.25, 0.3) is 0 Å². The molecular weight excluding hydrogens is 919 g/mol. The summed E-state index contributed by atoms with van der Waals surface area (Å²) >= 11 is 3.43. The molecular formula is C44H54BBrN10O10. The van der Waals surface area contributed by atoms with Crippen LogP contribution in [0.3, 0.4) is 0 Å². The topological polar surface area (TPSA) is 283 Å². The Hall–Kier alpha value is -6.30. The predicted molar refractivity (Wildman–Crippen MR) is 245 cm³/mol. The van der Waals surface area contributed by atoms with E-state index >= 15 is 0 Å². The molecule has 0 aliphatic carbocycles. The highest BCUT2D eigenvalue weighted by molar-refractivity contribution is 9.10. The summed E-state index contributed by atoms with van der Waals surface area (Å²) in [6.07, 6.45) is 4.45. The summed E-state index contributed by atoms with van der Waals surface area (Å²) in [5.41, 5.74) is 14.8. The Morgan fingerprint density at radius 2 is 1.26 bits per heavy atom. The lowest BCUT2D eigenvalue weighted by Crippen LogP contribution is -2.48. The molecule has 4 atom stereocenters. The third-order valence-electron chi connectivity index (χ3n) is 11.0. The number of aromatic nitrogens is 4. The molecule has 6 N–H and O–H groups in total. The van der Waals surface area contributed by atoms with Gasteiger partial charge in [-0.1, -0.05) is 49.3 Å². The minimum absolute atomic E-state index is 0. The molecule has 22 heteroatoms. The van der Waals surface area contributed by atoms with Crippen molar-refractivity contribution in [2.45, 2.75) is 59.0 Å². The van der Waals surface area contributed by atoms with Gasteiger partial charge >= 0.3 is 19.1 Å². The first kappa shape index (κ1) is 50.7. The lowest BCUT2D eigenvalue weighted by atomic mass is 9.72. The second kappa shape index (κ2) is 22.7. The number of carbonyl (C=O) groups is 4. The van der Waals surface area contributed by atoms with E-state index in [-0.39, 0.29) is 84.3 Å². The first-order valence-electron chi connectivity index (χ1n) is 20.7. The quantitative estimate of drug-likeness (QED) is 0.108. The number of nitriles is 2. The number of amides is 2. The lowest BCUT2D eigenvalue weighted by molar-refractivity contribution is -0.140. The lowest BCUT2D eigenvalue weighted by Gasteiger charge is -2.33. The molecule has 3 aliphatic rings. The molecule has 5 heterocycles. The van der Waals surface area contributed by atoms with Gasteiger partial charge < -0.3 is 50.4 Å². The van der Waals surface area contributed by atoms with E-state index in [4.69, 9.17) is 35.0 Å². The highest BCUT2D eigenvalue weighted by Gasteiger charge is 2.36. The summed E-state index contributed by atoms with van der Waals surface area (Å²) in [7, 11) is 2.01. The average molecular weight is 974 g/mol. The number of nitrogens with two attached hydrogens (primary N) is 2. The van der Waals surface area contributed by atoms with Crippen molar-refractivity contribution in [2.75, 3.05) is 64.5 Å². The van der Waals surface area contributed by atoms with Crippen molar-refractivity contribution in [1.82, 2.24) is 19.6 Å². The number of nitrogens with one attached hydrogen (secondary N) is 2. The molecule has 3 fully saturated rings. The molecule has 2 aromatic heterocycles. The Kier molecular flexibility index (Phi) is 17.5. The zero-order chi connectivity index (χ0) is 46.8. The van der Waals surface area contributed by atoms with E-state index in [9.17, 15) is 29.7 Å². The van der Waals surface area contributed by atoms with Crippen molar-refractivity contribution in [3.8, 4) is 12.1 Å². The van der Waals surface area contributed by atoms with Crippen LogP contribution in [-0.2, 0) is 50.7 Å². The van der Waals surface area contributed by atoms with Gasteiger partial charge in [-0.2, -0.15) is 20.7 Å². The molecule has 20 nitrogen and oxygen atoms in total. The number of esters is 2. The maximum absolute atomic E-state index is 12.2. The first-order valence-corrected chi connectivity index (χ1v) is 21.5. The van der Waals surface area contributed by atoms with E-state index in [0.717, 1.165) is 5.56 Å². The minimum Gasteiger partial charge on any atom is -0.469 e.